The number of esters is 2. The summed E-state index contributed by atoms with van der Waals surface area (Å²) < 4.78 is 9.88. The highest BCUT2D eigenvalue weighted by Gasteiger charge is 2.27. The number of anilines is 1. The molecular formula is C18H26N2O5S. The average molecular weight is 382 g/mol. The lowest BCUT2D eigenvalue weighted by Gasteiger charge is -2.30. The number of methoxy groups -OCH3 is 1. The predicted molar refractivity (Wildman–Crippen MR) is 99.6 cm³/mol. The molecule has 2 rings (SSSR count). The van der Waals surface area contributed by atoms with Gasteiger partial charge in [0.05, 0.1) is 31.7 Å². The number of carbonyl (C=O) groups is 3. The molecule has 8 heteroatoms. The summed E-state index contributed by atoms with van der Waals surface area (Å²) in [6.45, 7) is 7.51. The number of nitrogens with zero attached hydrogens (tertiary/aromatic N) is 1. The van der Waals surface area contributed by atoms with Crippen molar-refractivity contribution in [3.63, 3.8) is 0 Å². The summed E-state index contributed by atoms with van der Waals surface area (Å²) in [7, 11) is 1.33. The number of hydrogen-bond acceptors (Lipinski definition) is 7. The van der Waals surface area contributed by atoms with E-state index >= 15 is 0 Å². The van der Waals surface area contributed by atoms with Gasteiger partial charge in [0.25, 0.3) is 0 Å². The van der Waals surface area contributed by atoms with Crippen LogP contribution in [0.3, 0.4) is 0 Å². The van der Waals surface area contributed by atoms with Gasteiger partial charge in [-0.3, -0.25) is 14.5 Å². The lowest BCUT2D eigenvalue weighted by atomic mass is 9.97. The van der Waals surface area contributed by atoms with Crippen LogP contribution in [0.15, 0.2) is 0 Å². The Balaban J connectivity index is 1.91. The van der Waals surface area contributed by atoms with Crippen LogP contribution in [0.5, 0.6) is 0 Å². The minimum absolute atomic E-state index is 0.0808. The third-order valence-electron chi connectivity index (χ3n) is 4.60. The van der Waals surface area contributed by atoms with Gasteiger partial charge in [-0.15, -0.1) is 11.3 Å². The van der Waals surface area contributed by atoms with Gasteiger partial charge in [0, 0.05) is 4.88 Å². The van der Waals surface area contributed by atoms with E-state index in [0.717, 1.165) is 10.4 Å². The van der Waals surface area contributed by atoms with Gasteiger partial charge in [0.2, 0.25) is 5.91 Å². The van der Waals surface area contributed by atoms with Gasteiger partial charge >= 0.3 is 11.9 Å². The van der Waals surface area contributed by atoms with Gasteiger partial charge in [-0.1, -0.05) is 0 Å². The number of carbonyl (C=O) groups excluding carboxylic acids is 3. The molecule has 0 spiro atoms. The molecule has 26 heavy (non-hydrogen) atoms. The second kappa shape index (κ2) is 9.14. The topological polar surface area (TPSA) is 84.9 Å². The molecule has 7 nitrogen and oxygen atoms in total. The van der Waals surface area contributed by atoms with Crippen molar-refractivity contribution >= 4 is 34.2 Å². The van der Waals surface area contributed by atoms with Crippen LogP contribution in [0.25, 0.3) is 0 Å². The Hall–Kier alpha value is -1.93. The van der Waals surface area contributed by atoms with Crippen LogP contribution in [-0.2, 0) is 19.1 Å². The predicted octanol–water partition coefficient (Wildman–Crippen LogP) is 2.37. The fourth-order valence-electron chi connectivity index (χ4n) is 3.02. The van der Waals surface area contributed by atoms with Gasteiger partial charge < -0.3 is 14.8 Å². The lowest BCUT2D eigenvalue weighted by Crippen LogP contribution is -2.41. The summed E-state index contributed by atoms with van der Waals surface area (Å²) >= 11 is 1.37. The van der Waals surface area contributed by atoms with Crippen LogP contribution in [0.1, 0.15) is 40.6 Å². The monoisotopic (exact) mass is 382 g/mol. The standard InChI is InChI=1S/C18H26N2O5S/c1-5-25-17(22)13-6-8-20(9-7-13)10-14(21)19-16-15(18(23)24-4)11(2)12(3)26-16/h13H,5-10H2,1-4H3,(H,19,21). The summed E-state index contributed by atoms with van der Waals surface area (Å²) in [5.74, 6) is -0.852. The van der Waals surface area contributed by atoms with Crippen LogP contribution in [-0.4, -0.2) is 56.1 Å². The fourth-order valence-corrected chi connectivity index (χ4v) is 4.08. The van der Waals surface area contributed by atoms with E-state index in [1.54, 1.807) is 6.92 Å². The number of rotatable bonds is 6. The molecule has 0 aliphatic carbocycles. The summed E-state index contributed by atoms with van der Waals surface area (Å²) in [5.41, 5.74) is 1.25. The molecule has 1 fully saturated rings. The molecule has 0 saturated carbocycles. The molecule has 1 saturated heterocycles. The quantitative estimate of drug-likeness (QED) is 0.761. The van der Waals surface area contributed by atoms with Crippen molar-refractivity contribution in [3.05, 3.63) is 16.0 Å². The van der Waals surface area contributed by atoms with E-state index in [2.05, 4.69) is 5.32 Å². The van der Waals surface area contributed by atoms with Crippen molar-refractivity contribution in [1.82, 2.24) is 4.90 Å². The highest BCUT2D eigenvalue weighted by Crippen LogP contribution is 2.33. The van der Waals surface area contributed by atoms with E-state index in [1.165, 1.54) is 18.4 Å². The molecule has 0 bridgehead atoms. The number of thiophene rings is 1. The maximum absolute atomic E-state index is 12.4. The van der Waals surface area contributed by atoms with Gasteiger partial charge in [-0.05, 0) is 52.3 Å². The average Bonchev–Trinajstić information content (AvgIpc) is 2.88. The Bertz CT molecular complexity index is 677. The Morgan fingerprint density at radius 3 is 2.46 bits per heavy atom. The van der Waals surface area contributed by atoms with Crippen molar-refractivity contribution in [1.29, 1.82) is 0 Å². The summed E-state index contributed by atoms with van der Waals surface area (Å²) in [6.07, 6.45) is 1.38. The first kappa shape index (κ1) is 20.4. The van der Waals surface area contributed by atoms with E-state index in [0.29, 0.717) is 43.1 Å². The molecule has 144 valence electrons. The van der Waals surface area contributed by atoms with Gasteiger partial charge in [0.1, 0.15) is 5.00 Å². The van der Waals surface area contributed by atoms with Crippen LogP contribution < -0.4 is 5.32 Å². The molecule has 2 heterocycles. The molecule has 1 N–H and O–H groups in total. The molecule has 1 aromatic heterocycles. The largest absolute Gasteiger partial charge is 0.466 e. The number of amides is 1. The van der Waals surface area contributed by atoms with Gasteiger partial charge in [0.15, 0.2) is 0 Å². The smallest absolute Gasteiger partial charge is 0.341 e. The highest BCUT2D eigenvalue weighted by atomic mass is 32.1. The molecule has 1 amide bonds. The molecule has 0 unspecified atom stereocenters. The van der Waals surface area contributed by atoms with E-state index in [-0.39, 0.29) is 24.3 Å². The number of likely N-dealkylation sites (tertiary alicyclic amines) is 1. The Labute approximate surface area is 157 Å². The number of piperidine rings is 1. The first-order valence-corrected chi connectivity index (χ1v) is 9.56. The van der Waals surface area contributed by atoms with Crippen molar-refractivity contribution in [3.8, 4) is 0 Å². The lowest BCUT2D eigenvalue weighted by molar-refractivity contribution is -0.149. The van der Waals surface area contributed by atoms with E-state index in [1.807, 2.05) is 18.7 Å². The van der Waals surface area contributed by atoms with Crippen molar-refractivity contribution < 1.29 is 23.9 Å². The second-order valence-corrected chi connectivity index (χ2v) is 7.55. The zero-order chi connectivity index (χ0) is 19.3. The van der Waals surface area contributed by atoms with Crippen LogP contribution >= 0.6 is 11.3 Å². The van der Waals surface area contributed by atoms with E-state index < -0.39 is 5.97 Å². The Kier molecular flexibility index (Phi) is 7.16. The maximum Gasteiger partial charge on any atom is 0.341 e. The van der Waals surface area contributed by atoms with Gasteiger partial charge in [-0.25, -0.2) is 4.79 Å². The fraction of sp³-hybridized carbons (Fsp3) is 0.611. The van der Waals surface area contributed by atoms with Gasteiger partial charge in [-0.2, -0.15) is 0 Å². The minimum atomic E-state index is -0.447. The van der Waals surface area contributed by atoms with E-state index in [4.69, 9.17) is 9.47 Å². The number of ether oxygens (including phenoxy) is 2. The van der Waals surface area contributed by atoms with Crippen molar-refractivity contribution in [2.75, 3.05) is 38.7 Å². The molecular weight excluding hydrogens is 356 g/mol. The van der Waals surface area contributed by atoms with Crippen LogP contribution in [0, 0.1) is 19.8 Å². The normalized spacial score (nSPS) is 15.5. The number of aryl methyl sites for hydroxylation is 1. The minimum Gasteiger partial charge on any atom is -0.466 e. The number of hydrogen-bond donors (Lipinski definition) is 1. The number of nitrogens with one attached hydrogen (secondary N) is 1. The van der Waals surface area contributed by atoms with Crippen molar-refractivity contribution in [2.24, 2.45) is 5.92 Å². The van der Waals surface area contributed by atoms with E-state index in [9.17, 15) is 14.4 Å². The Morgan fingerprint density at radius 2 is 1.88 bits per heavy atom. The molecule has 0 atom stereocenters. The Morgan fingerprint density at radius 1 is 1.23 bits per heavy atom. The third kappa shape index (κ3) is 4.82. The summed E-state index contributed by atoms with van der Waals surface area (Å²) in [4.78, 5) is 39.1. The molecule has 0 radical (unpaired) electrons. The zero-order valence-corrected chi connectivity index (χ0v) is 16.5. The molecule has 1 aliphatic rings. The zero-order valence-electron chi connectivity index (χ0n) is 15.7. The first-order valence-electron chi connectivity index (χ1n) is 8.74. The van der Waals surface area contributed by atoms with Crippen LogP contribution in [0.4, 0.5) is 5.00 Å². The third-order valence-corrected chi connectivity index (χ3v) is 5.73. The maximum atomic E-state index is 12.4. The van der Waals surface area contributed by atoms with Crippen molar-refractivity contribution in [2.45, 2.75) is 33.6 Å². The molecule has 0 aromatic carbocycles. The summed E-state index contributed by atoms with van der Waals surface area (Å²) in [5, 5.41) is 3.36. The first-order chi connectivity index (χ1) is 12.4. The SMILES string of the molecule is CCOC(=O)C1CCN(CC(=O)Nc2sc(C)c(C)c2C(=O)OC)CC1. The van der Waals surface area contributed by atoms with Crippen LogP contribution in [0.2, 0.25) is 0 Å². The highest BCUT2D eigenvalue weighted by molar-refractivity contribution is 7.16. The summed E-state index contributed by atoms with van der Waals surface area (Å²) in [6, 6.07) is 0. The second-order valence-electron chi connectivity index (χ2n) is 6.33. The molecule has 1 aromatic rings. The molecule has 1 aliphatic heterocycles.